The average Bonchev–Trinajstić information content (AvgIpc) is 3.02. The Morgan fingerprint density at radius 3 is 2.71 bits per heavy atom. The molecule has 2 aromatic rings. The number of hydrogen-bond acceptors (Lipinski definition) is 8. The molecule has 1 unspecified atom stereocenters. The van der Waals surface area contributed by atoms with E-state index in [9.17, 15) is 14.3 Å². The number of fused-ring (bicyclic) bond motifs is 1. The van der Waals surface area contributed by atoms with E-state index in [1.165, 1.54) is 6.33 Å². The van der Waals surface area contributed by atoms with Crippen LogP contribution in [0.1, 0.15) is 27.7 Å². The predicted molar refractivity (Wildman–Crippen MR) is 103 cm³/mol. The van der Waals surface area contributed by atoms with Crippen molar-refractivity contribution in [1.29, 1.82) is 0 Å². The Morgan fingerprint density at radius 2 is 2.04 bits per heavy atom. The van der Waals surface area contributed by atoms with Gasteiger partial charge in [-0.1, -0.05) is 6.92 Å². The summed E-state index contributed by atoms with van der Waals surface area (Å²) in [5.74, 6) is -0.695. The van der Waals surface area contributed by atoms with Crippen LogP contribution < -0.4 is 10.8 Å². The van der Waals surface area contributed by atoms with Gasteiger partial charge in [-0.25, -0.2) is 20.0 Å². The van der Waals surface area contributed by atoms with Crippen molar-refractivity contribution in [2.45, 2.75) is 46.4 Å². The van der Waals surface area contributed by atoms with Crippen molar-refractivity contribution >= 4 is 30.5 Å². The summed E-state index contributed by atoms with van der Waals surface area (Å²) >= 11 is 0. The van der Waals surface area contributed by atoms with E-state index < -0.39 is 25.8 Å². The maximum atomic E-state index is 12.2. The summed E-state index contributed by atoms with van der Waals surface area (Å²) < 4.78 is 24.5. The maximum Gasteiger partial charge on any atom is 0.310 e. The fourth-order valence-electron chi connectivity index (χ4n) is 2.35. The van der Waals surface area contributed by atoms with Crippen LogP contribution in [0.4, 0.5) is 5.82 Å². The first-order chi connectivity index (χ1) is 13.1. The van der Waals surface area contributed by atoms with Crippen LogP contribution in [0.25, 0.3) is 11.2 Å². The van der Waals surface area contributed by atoms with Crippen LogP contribution in [0, 0.1) is 5.92 Å². The summed E-state index contributed by atoms with van der Waals surface area (Å²) in [6.07, 6.45) is 1.89. The number of aromatic nitrogens is 4. The summed E-state index contributed by atoms with van der Waals surface area (Å²) in [7, 11) is -3.77. The number of imidazole rings is 1. The summed E-state index contributed by atoms with van der Waals surface area (Å²) in [5, 5.41) is 2.49. The second-order valence-electron chi connectivity index (χ2n) is 6.88. The Morgan fingerprint density at radius 1 is 1.32 bits per heavy atom. The van der Waals surface area contributed by atoms with Gasteiger partial charge in [0.1, 0.15) is 18.2 Å². The SMILES string of the molecule is CC(C)OC(=O)[C@@H](C)CNP(=O)(O)CO[C@H](C)Cn1cnc2c(N)ncnc21. The highest BCUT2D eigenvalue weighted by atomic mass is 31.2. The number of nitrogens with one attached hydrogen (secondary N) is 1. The topological polar surface area (TPSA) is 154 Å². The van der Waals surface area contributed by atoms with E-state index in [1.54, 1.807) is 38.6 Å². The number of nitrogen functional groups attached to an aromatic ring is 1. The van der Waals surface area contributed by atoms with E-state index in [-0.39, 0.29) is 24.6 Å². The molecule has 2 rings (SSSR count). The molecule has 2 heterocycles. The molecule has 0 spiro atoms. The number of ether oxygens (including phenoxy) is 2. The van der Waals surface area contributed by atoms with Crippen LogP contribution in [0.3, 0.4) is 0 Å². The number of carbonyl (C=O) groups excluding carboxylic acids is 1. The molecular weight excluding hydrogens is 387 g/mol. The Kier molecular flexibility index (Phi) is 7.48. The highest BCUT2D eigenvalue weighted by molar-refractivity contribution is 7.55. The standard InChI is InChI=1S/C16H27N6O5P/c1-10(2)27-16(23)11(3)5-21-28(24,25)9-26-12(4)6-22-8-20-13-14(17)18-7-19-15(13)22/h7-8,10-12H,5-6,9H2,1-4H3,(H2,17,18,19)(H2,21,24,25)/t11-,12+/m0/s1. The van der Waals surface area contributed by atoms with Crippen LogP contribution in [0.2, 0.25) is 0 Å². The second-order valence-corrected chi connectivity index (χ2v) is 8.86. The summed E-state index contributed by atoms with van der Waals surface area (Å²) in [4.78, 5) is 34.0. The first-order valence-electron chi connectivity index (χ1n) is 8.89. The van der Waals surface area contributed by atoms with Gasteiger partial charge in [0.2, 0.25) is 0 Å². The lowest BCUT2D eigenvalue weighted by Gasteiger charge is -2.20. The third kappa shape index (κ3) is 6.23. The van der Waals surface area contributed by atoms with Crippen molar-refractivity contribution in [3.8, 4) is 0 Å². The van der Waals surface area contributed by atoms with E-state index in [0.717, 1.165) is 0 Å². The van der Waals surface area contributed by atoms with Gasteiger partial charge < -0.3 is 24.7 Å². The Balaban J connectivity index is 1.83. The summed E-state index contributed by atoms with van der Waals surface area (Å²) in [6, 6.07) is 0. The van der Waals surface area contributed by atoms with E-state index in [0.29, 0.717) is 17.7 Å². The van der Waals surface area contributed by atoms with Gasteiger partial charge in [0.05, 0.1) is 31.0 Å². The van der Waals surface area contributed by atoms with Crippen LogP contribution in [-0.2, 0) is 25.4 Å². The lowest BCUT2D eigenvalue weighted by Crippen LogP contribution is -2.29. The normalized spacial score (nSPS) is 16.1. The Hall–Kier alpha value is -2.07. The zero-order valence-electron chi connectivity index (χ0n) is 16.4. The van der Waals surface area contributed by atoms with E-state index in [1.807, 2.05) is 0 Å². The van der Waals surface area contributed by atoms with Crippen molar-refractivity contribution < 1.29 is 23.7 Å². The molecule has 0 saturated heterocycles. The average molecular weight is 414 g/mol. The molecule has 2 aromatic heterocycles. The van der Waals surface area contributed by atoms with Gasteiger partial charge in [-0.3, -0.25) is 9.36 Å². The largest absolute Gasteiger partial charge is 0.463 e. The summed E-state index contributed by atoms with van der Waals surface area (Å²) in [5.41, 5.74) is 6.81. The molecule has 0 bridgehead atoms. The quantitative estimate of drug-likeness (QED) is 0.381. The van der Waals surface area contributed by atoms with Crippen molar-refractivity contribution in [1.82, 2.24) is 24.6 Å². The fraction of sp³-hybridized carbons (Fsp3) is 0.625. The molecule has 0 fully saturated rings. The van der Waals surface area contributed by atoms with Gasteiger partial charge in [0, 0.05) is 6.54 Å². The third-order valence-corrected chi connectivity index (χ3v) is 4.99. The minimum atomic E-state index is -3.77. The van der Waals surface area contributed by atoms with Crippen molar-refractivity contribution in [2.24, 2.45) is 5.92 Å². The Bertz CT molecular complexity index is 857. The molecule has 12 heteroatoms. The molecule has 11 nitrogen and oxygen atoms in total. The molecule has 3 atom stereocenters. The molecule has 0 aromatic carbocycles. The van der Waals surface area contributed by atoms with Gasteiger partial charge in [-0.15, -0.1) is 0 Å². The zero-order valence-corrected chi connectivity index (χ0v) is 17.3. The Labute approximate surface area is 163 Å². The molecule has 4 N–H and O–H groups in total. The fourth-order valence-corrected chi connectivity index (χ4v) is 3.45. The number of anilines is 1. The highest BCUT2D eigenvalue weighted by Crippen LogP contribution is 2.35. The molecule has 0 aliphatic rings. The third-order valence-electron chi connectivity index (χ3n) is 3.82. The van der Waals surface area contributed by atoms with Gasteiger partial charge in [-0.05, 0) is 20.8 Å². The lowest BCUT2D eigenvalue weighted by atomic mass is 10.2. The van der Waals surface area contributed by atoms with Crippen molar-refractivity contribution in [3.05, 3.63) is 12.7 Å². The minimum absolute atomic E-state index is 0.0133. The summed E-state index contributed by atoms with van der Waals surface area (Å²) in [6.45, 7) is 7.25. The number of nitrogens with zero attached hydrogens (tertiary/aromatic N) is 4. The van der Waals surface area contributed by atoms with Crippen LogP contribution >= 0.6 is 7.52 Å². The van der Waals surface area contributed by atoms with Gasteiger partial charge >= 0.3 is 5.97 Å². The molecule has 28 heavy (non-hydrogen) atoms. The van der Waals surface area contributed by atoms with E-state index >= 15 is 0 Å². The van der Waals surface area contributed by atoms with Crippen LogP contribution in [-0.4, -0.2) is 55.5 Å². The first-order valence-corrected chi connectivity index (χ1v) is 10.7. The number of esters is 1. The van der Waals surface area contributed by atoms with Gasteiger partial charge in [0.15, 0.2) is 11.5 Å². The molecule has 0 aliphatic carbocycles. The number of rotatable bonds is 10. The lowest BCUT2D eigenvalue weighted by molar-refractivity contribution is -0.151. The van der Waals surface area contributed by atoms with Gasteiger partial charge in [-0.2, -0.15) is 0 Å². The molecule has 0 radical (unpaired) electrons. The second kappa shape index (κ2) is 9.42. The van der Waals surface area contributed by atoms with E-state index in [4.69, 9.17) is 15.2 Å². The van der Waals surface area contributed by atoms with Crippen LogP contribution in [0.5, 0.6) is 0 Å². The zero-order chi connectivity index (χ0) is 20.9. The monoisotopic (exact) mass is 414 g/mol. The molecule has 0 saturated carbocycles. The smallest absolute Gasteiger partial charge is 0.310 e. The highest BCUT2D eigenvalue weighted by Gasteiger charge is 2.24. The maximum absolute atomic E-state index is 12.2. The van der Waals surface area contributed by atoms with Crippen LogP contribution in [0.15, 0.2) is 12.7 Å². The van der Waals surface area contributed by atoms with Crippen molar-refractivity contribution in [2.75, 3.05) is 18.6 Å². The van der Waals surface area contributed by atoms with E-state index in [2.05, 4.69) is 20.0 Å². The minimum Gasteiger partial charge on any atom is -0.463 e. The van der Waals surface area contributed by atoms with Crippen molar-refractivity contribution in [3.63, 3.8) is 0 Å². The number of hydrogen-bond donors (Lipinski definition) is 3. The molecule has 156 valence electrons. The molecule has 0 amide bonds. The van der Waals surface area contributed by atoms with Gasteiger partial charge in [0.25, 0.3) is 7.52 Å². The molecular formula is C16H27N6O5P. The number of nitrogens with two attached hydrogens (primary N) is 1. The number of carbonyl (C=O) groups is 1. The predicted octanol–water partition coefficient (Wildman–Crippen LogP) is 1.13. The molecule has 0 aliphatic heterocycles. The first kappa shape index (κ1) is 22.2.